The number of anilines is 1. The van der Waals surface area contributed by atoms with Crippen LogP contribution in [-0.2, 0) is 9.73 Å². The molecule has 1 saturated heterocycles. The smallest absolute Gasteiger partial charge is 0.0825 e. The second kappa shape index (κ2) is 9.34. The van der Waals surface area contributed by atoms with Crippen molar-refractivity contribution >= 4 is 38.6 Å². The monoisotopic (exact) mass is 431 g/mol. The lowest BCUT2D eigenvalue weighted by Gasteiger charge is -2.30. The number of hydrogen-bond acceptors (Lipinski definition) is 4. The van der Waals surface area contributed by atoms with Gasteiger partial charge in [0.1, 0.15) is 0 Å². The molecule has 2 fully saturated rings. The molecule has 1 atom stereocenters. The summed E-state index contributed by atoms with van der Waals surface area (Å²) in [4.78, 5) is 4.92. The van der Waals surface area contributed by atoms with Gasteiger partial charge < -0.3 is 9.80 Å². The van der Waals surface area contributed by atoms with Gasteiger partial charge in [-0.1, -0.05) is 29.3 Å². The molecule has 1 aliphatic carbocycles. The lowest BCUT2D eigenvalue weighted by Crippen LogP contribution is -2.33. The summed E-state index contributed by atoms with van der Waals surface area (Å²) in [6.45, 7) is 5.29. The zero-order valence-corrected chi connectivity index (χ0v) is 18.5. The summed E-state index contributed by atoms with van der Waals surface area (Å²) in [7, 11) is -2.36. The summed E-state index contributed by atoms with van der Waals surface area (Å²) in [6, 6.07) is 5.86. The van der Waals surface area contributed by atoms with Crippen molar-refractivity contribution in [3.8, 4) is 0 Å². The second-order valence-corrected chi connectivity index (χ2v) is 11.4. The highest BCUT2D eigenvalue weighted by atomic mass is 35.5. The predicted octanol–water partition coefficient (Wildman–Crippen LogP) is 5.13. The molecule has 0 aromatic heterocycles. The van der Waals surface area contributed by atoms with Crippen LogP contribution in [0.5, 0.6) is 0 Å². The summed E-state index contributed by atoms with van der Waals surface area (Å²) in [6.07, 6.45) is 8.14. The maximum absolute atomic E-state index is 11.9. The molecule has 152 valence electrons. The van der Waals surface area contributed by atoms with Gasteiger partial charge in [-0.2, -0.15) is 0 Å². The molecule has 1 aromatic rings. The van der Waals surface area contributed by atoms with E-state index in [9.17, 15) is 4.21 Å². The Labute approximate surface area is 174 Å². The maximum Gasteiger partial charge on any atom is 0.0825 e. The first-order chi connectivity index (χ1) is 12.8. The highest BCUT2D eigenvalue weighted by molar-refractivity contribution is 7.92. The van der Waals surface area contributed by atoms with E-state index in [-0.39, 0.29) is 5.25 Å². The zero-order chi connectivity index (χ0) is 19.4. The molecule has 1 N–H and O–H groups in total. The van der Waals surface area contributed by atoms with Crippen LogP contribution in [0.4, 0.5) is 5.69 Å². The number of hydrogen-bond donors (Lipinski definition) is 1. The molecule has 7 heteroatoms. The Morgan fingerprint density at radius 3 is 2.56 bits per heavy atom. The zero-order valence-electron chi connectivity index (χ0n) is 16.1. The van der Waals surface area contributed by atoms with E-state index in [1.54, 1.807) is 6.26 Å². The van der Waals surface area contributed by atoms with Crippen molar-refractivity contribution in [2.75, 3.05) is 43.9 Å². The average molecular weight is 432 g/mol. The molecule has 1 unspecified atom stereocenters. The van der Waals surface area contributed by atoms with Crippen molar-refractivity contribution in [2.24, 2.45) is 5.92 Å². The summed E-state index contributed by atoms with van der Waals surface area (Å²) >= 11 is 12.6. The van der Waals surface area contributed by atoms with Gasteiger partial charge in [0.05, 0.1) is 15.7 Å². The number of nitrogens with zero attached hydrogens (tertiary/aromatic N) is 2. The fourth-order valence-electron chi connectivity index (χ4n) is 4.41. The van der Waals surface area contributed by atoms with Gasteiger partial charge in [-0.15, -0.1) is 0 Å². The lowest BCUT2D eigenvalue weighted by molar-refractivity contribution is 0.244. The van der Waals surface area contributed by atoms with E-state index in [0.717, 1.165) is 76.4 Å². The van der Waals surface area contributed by atoms with E-state index >= 15 is 0 Å². The highest BCUT2D eigenvalue weighted by Crippen LogP contribution is 2.33. The Kier molecular flexibility index (Phi) is 7.34. The molecule has 0 radical (unpaired) electrons. The number of nitrogens with one attached hydrogen (secondary N) is 1. The van der Waals surface area contributed by atoms with Gasteiger partial charge in [-0.25, -0.2) is 4.21 Å². The first kappa shape index (κ1) is 21.2. The minimum atomic E-state index is -2.36. The summed E-state index contributed by atoms with van der Waals surface area (Å²) in [5, 5.41) is 1.39. The molecule has 0 amide bonds. The summed E-state index contributed by atoms with van der Waals surface area (Å²) < 4.78 is 19.7. The quantitative estimate of drug-likeness (QED) is 0.702. The van der Waals surface area contributed by atoms with Crippen molar-refractivity contribution in [1.29, 1.82) is 4.78 Å². The first-order valence-corrected chi connectivity index (χ1v) is 12.8. The molecule has 1 aliphatic heterocycles. The third-order valence-corrected chi connectivity index (χ3v) is 8.70. The molecule has 0 bridgehead atoms. The Hall–Kier alpha value is -0.490. The van der Waals surface area contributed by atoms with E-state index < -0.39 is 9.73 Å². The molecule has 1 aromatic carbocycles. The van der Waals surface area contributed by atoms with Gasteiger partial charge in [0.25, 0.3) is 0 Å². The standard InChI is InChI=1S/C20H31Cl2N3OS/c1-27(23,26)17-8-6-16(7-9-17)10-13-24-11-3-12-25(15-14-24)19-5-2-4-18(21)20(19)22/h2,4-5,16-17,23H,3,6-15H2,1H3. The average Bonchev–Trinajstić information content (AvgIpc) is 2.87. The van der Waals surface area contributed by atoms with Crippen LogP contribution in [0.2, 0.25) is 10.0 Å². The minimum Gasteiger partial charge on any atom is -0.369 e. The normalized spacial score (nSPS) is 27.1. The fourth-order valence-corrected chi connectivity index (χ4v) is 5.99. The Bertz CT molecular complexity index is 733. The number of halogens is 2. The third kappa shape index (κ3) is 5.75. The number of benzene rings is 1. The molecule has 1 saturated carbocycles. The van der Waals surface area contributed by atoms with Gasteiger partial charge in [0.15, 0.2) is 0 Å². The van der Waals surface area contributed by atoms with Crippen molar-refractivity contribution in [2.45, 2.75) is 43.8 Å². The number of rotatable bonds is 5. The van der Waals surface area contributed by atoms with Gasteiger partial charge >= 0.3 is 0 Å². The largest absolute Gasteiger partial charge is 0.369 e. The predicted molar refractivity (Wildman–Crippen MR) is 117 cm³/mol. The van der Waals surface area contributed by atoms with Crippen molar-refractivity contribution in [3.63, 3.8) is 0 Å². The molecular weight excluding hydrogens is 401 g/mol. The molecule has 2 aliphatic rings. The van der Waals surface area contributed by atoms with E-state index in [1.807, 2.05) is 12.1 Å². The van der Waals surface area contributed by atoms with E-state index in [0.29, 0.717) is 10.0 Å². The highest BCUT2D eigenvalue weighted by Gasteiger charge is 2.26. The topological polar surface area (TPSA) is 47.4 Å². The minimum absolute atomic E-state index is 0.114. The first-order valence-electron chi connectivity index (χ1n) is 9.98. The summed E-state index contributed by atoms with van der Waals surface area (Å²) in [5.74, 6) is 0.727. The molecule has 3 rings (SSSR count). The van der Waals surface area contributed by atoms with Gasteiger partial charge in [-0.3, -0.25) is 4.78 Å². The van der Waals surface area contributed by atoms with Gasteiger partial charge in [0.2, 0.25) is 0 Å². The fraction of sp³-hybridized carbons (Fsp3) is 0.700. The van der Waals surface area contributed by atoms with Crippen LogP contribution in [0.3, 0.4) is 0 Å². The molecule has 4 nitrogen and oxygen atoms in total. The van der Waals surface area contributed by atoms with Crippen molar-refractivity contribution < 1.29 is 4.21 Å². The Morgan fingerprint density at radius 2 is 1.85 bits per heavy atom. The van der Waals surface area contributed by atoms with Crippen LogP contribution in [0.25, 0.3) is 0 Å². The SMILES string of the molecule is CS(=N)(=O)C1CCC(CCN2CCCN(c3cccc(Cl)c3Cl)CC2)CC1. The molecule has 0 spiro atoms. The van der Waals surface area contributed by atoms with Crippen molar-refractivity contribution in [3.05, 3.63) is 28.2 Å². The Morgan fingerprint density at radius 1 is 1.11 bits per heavy atom. The Balaban J connectivity index is 1.46. The van der Waals surface area contributed by atoms with Crippen LogP contribution in [-0.4, -0.2) is 53.3 Å². The van der Waals surface area contributed by atoms with E-state index in [4.69, 9.17) is 28.0 Å². The second-order valence-electron chi connectivity index (χ2n) is 8.09. The molecular formula is C20H31Cl2N3OS. The van der Waals surface area contributed by atoms with E-state index in [1.165, 1.54) is 6.42 Å². The van der Waals surface area contributed by atoms with Crippen LogP contribution in [0, 0.1) is 10.7 Å². The van der Waals surface area contributed by atoms with Crippen LogP contribution >= 0.6 is 23.2 Å². The van der Waals surface area contributed by atoms with Gasteiger partial charge in [0, 0.05) is 40.9 Å². The van der Waals surface area contributed by atoms with Crippen LogP contribution < -0.4 is 4.90 Å². The third-order valence-electron chi connectivity index (χ3n) is 6.14. The molecule has 27 heavy (non-hydrogen) atoms. The molecule has 1 heterocycles. The van der Waals surface area contributed by atoms with E-state index in [2.05, 4.69) is 15.9 Å². The van der Waals surface area contributed by atoms with Crippen LogP contribution in [0.1, 0.15) is 38.5 Å². The summed E-state index contributed by atoms with van der Waals surface area (Å²) in [5.41, 5.74) is 1.04. The van der Waals surface area contributed by atoms with Gasteiger partial charge in [-0.05, 0) is 69.7 Å². The maximum atomic E-state index is 11.9. The van der Waals surface area contributed by atoms with Crippen LogP contribution in [0.15, 0.2) is 18.2 Å². The van der Waals surface area contributed by atoms with Crippen molar-refractivity contribution in [1.82, 2.24) is 4.90 Å². The lowest BCUT2D eigenvalue weighted by atomic mass is 9.86.